The van der Waals surface area contributed by atoms with Crippen molar-refractivity contribution >= 4 is 40.7 Å². The molecule has 96 valence electrons. The van der Waals surface area contributed by atoms with Crippen LogP contribution < -0.4 is 5.73 Å². The fraction of sp³-hybridized carbons (Fsp3) is 0.0714. The van der Waals surface area contributed by atoms with E-state index in [9.17, 15) is 0 Å². The van der Waals surface area contributed by atoms with Gasteiger partial charge in [-0.3, -0.25) is 0 Å². The van der Waals surface area contributed by atoms with Gasteiger partial charge >= 0.3 is 0 Å². The second-order valence-corrected chi connectivity index (χ2v) is 5.66. The Balaban J connectivity index is 2.17. The van der Waals surface area contributed by atoms with E-state index in [1.54, 1.807) is 18.2 Å². The topological polar surface area (TPSA) is 49.8 Å². The lowest BCUT2D eigenvalue weighted by Gasteiger charge is -2.08. The van der Waals surface area contributed by atoms with Gasteiger partial charge in [0.2, 0.25) is 0 Å². The van der Waals surface area contributed by atoms with Gasteiger partial charge in [0.15, 0.2) is 0 Å². The van der Waals surface area contributed by atoms with Crippen LogP contribution in [-0.4, -0.2) is 0 Å². The Labute approximate surface area is 126 Å². The maximum atomic E-state index is 8.79. The number of rotatable bonds is 3. The summed E-state index contributed by atoms with van der Waals surface area (Å²) < 4.78 is 0. The van der Waals surface area contributed by atoms with Crippen LogP contribution in [0.1, 0.15) is 11.1 Å². The van der Waals surface area contributed by atoms with Gasteiger partial charge in [-0.05, 0) is 29.8 Å². The predicted octanol–water partition coefficient (Wildman–Crippen LogP) is 4.74. The average Bonchev–Trinajstić information content (AvgIpc) is 2.39. The van der Waals surface area contributed by atoms with Gasteiger partial charge < -0.3 is 5.73 Å². The average molecular weight is 309 g/mol. The molecule has 0 spiro atoms. The molecule has 19 heavy (non-hydrogen) atoms. The summed E-state index contributed by atoms with van der Waals surface area (Å²) >= 11 is 13.8. The molecule has 0 bridgehead atoms. The van der Waals surface area contributed by atoms with Crippen LogP contribution in [0.5, 0.6) is 0 Å². The van der Waals surface area contributed by atoms with Crippen molar-refractivity contribution in [3.8, 4) is 6.07 Å². The molecule has 5 heteroatoms. The summed E-state index contributed by atoms with van der Waals surface area (Å²) in [5.41, 5.74) is 8.04. The standard InChI is InChI=1S/C14H10Cl2N2S/c15-11-2-1-3-13(18)14(11)19-8-10-5-4-9(7-17)6-12(10)16/h1-6H,8,18H2. The summed E-state index contributed by atoms with van der Waals surface area (Å²) in [5, 5.41) is 10.0. The van der Waals surface area contributed by atoms with Gasteiger partial charge in [0.05, 0.1) is 16.7 Å². The molecule has 0 unspecified atom stereocenters. The van der Waals surface area contributed by atoms with Gasteiger partial charge in [-0.2, -0.15) is 5.26 Å². The van der Waals surface area contributed by atoms with Crippen molar-refractivity contribution in [3.63, 3.8) is 0 Å². The molecular formula is C14H10Cl2N2S. The van der Waals surface area contributed by atoms with Crippen molar-refractivity contribution < 1.29 is 0 Å². The number of halogens is 2. The largest absolute Gasteiger partial charge is 0.398 e. The van der Waals surface area contributed by atoms with Gasteiger partial charge in [0.1, 0.15) is 0 Å². The lowest BCUT2D eigenvalue weighted by atomic mass is 10.2. The summed E-state index contributed by atoms with van der Waals surface area (Å²) in [7, 11) is 0. The Kier molecular flexibility index (Phi) is 4.60. The molecule has 2 aromatic rings. The zero-order valence-corrected chi connectivity index (χ0v) is 12.2. The molecule has 2 nitrogen and oxygen atoms in total. The smallest absolute Gasteiger partial charge is 0.0992 e. The normalized spacial score (nSPS) is 10.2. The second kappa shape index (κ2) is 6.21. The highest BCUT2D eigenvalue weighted by Crippen LogP contribution is 2.35. The lowest BCUT2D eigenvalue weighted by molar-refractivity contribution is 1.37. The number of nitrogen functional groups attached to an aromatic ring is 1. The minimum Gasteiger partial charge on any atom is -0.398 e. The molecule has 0 aromatic heterocycles. The van der Waals surface area contributed by atoms with Crippen LogP contribution in [0.2, 0.25) is 10.0 Å². The number of anilines is 1. The maximum Gasteiger partial charge on any atom is 0.0992 e. The number of hydrogen-bond acceptors (Lipinski definition) is 3. The van der Waals surface area contributed by atoms with Crippen LogP contribution >= 0.6 is 35.0 Å². The van der Waals surface area contributed by atoms with E-state index in [2.05, 4.69) is 6.07 Å². The zero-order chi connectivity index (χ0) is 13.8. The third kappa shape index (κ3) is 3.36. The zero-order valence-electron chi connectivity index (χ0n) is 9.86. The van der Waals surface area contributed by atoms with E-state index in [1.807, 2.05) is 18.2 Å². The Morgan fingerprint density at radius 2 is 1.95 bits per heavy atom. The first-order chi connectivity index (χ1) is 9.11. The molecule has 2 rings (SSSR count). The molecule has 0 saturated heterocycles. The molecule has 2 N–H and O–H groups in total. The van der Waals surface area contributed by atoms with E-state index in [0.717, 1.165) is 10.5 Å². The van der Waals surface area contributed by atoms with Crippen LogP contribution in [0.15, 0.2) is 41.3 Å². The Bertz CT molecular complexity index is 630. The molecule has 0 aliphatic rings. The van der Waals surface area contributed by atoms with Gasteiger partial charge in [0.25, 0.3) is 0 Å². The van der Waals surface area contributed by atoms with Gasteiger partial charge in [0, 0.05) is 21.4 Å². The van der Waals surface area contributed by atoms with Gasteiger partial charge in [-0.15, -0.1) is 11.8 Å². The van der Waals surface area contributed by atoms with Crippen molar-refractivity contribution in [2.24, 2.45) is 0 Å². The summed E-state index contributed by atoms with van der Waals surface area (Å²) in [4.78, 5) is 0.851. The monoisotopic (exact) mass is 308 g/mol. The lowest BCUT2D eigenvalue weighted by Crippen LogP contribution is -1.90. The quantitative estimate of drug-likeness (QED) is 0.658. The molecule has 0 aliphatic carbocycles. The van der Waals surface area contributed by atoms with Crippen molar-refractivity contribution in [2.75, 3.05) is 5.73 Å². The highest BCUT2D eigenvalue weighted by atomic mass is 35.5. The first kappa shape index (κ1) is 14.1. The third-order valence-corrected chi connectivity index (χ3v) is 4.53. The molecule has 0 radical (unpaired) electrons. The number of nitriles is 1. The minimum absolute atomic E-state index is 0.552. The maximum absolute atomic E-state index is 8.79. The van der Waals surface area contributed by atoms with Crippen LogP contribution in [-0.2, 0) is 5.75 Å². The molecule has 0 saturated carbocycles. The van der Waals surface area contributed by atoms with E-state index < -0.39 is 0 Å². The fourth-order valence-corrected chi connectivity index (χ4v) is 3.23. The van der Waals surface area contributed by atoms with Crippen LogP contribution in [0.25, 0.3) is 0 Å². The van der Waals surface area contributed by atoms with Crippen molar-refractivity contribution in [1.82, 2.24) is 0 Å². The molecule has 2 aromatic carbocycles. The number of nitrogens with zero attached hydrogens (tertiary/aromatic N) is 1. The molecule has 0 heterocycles. The van der Waals surface area contributed by atoms with Gasteiger partial charge in [-0.1, -0.05) is 35.3 Å². The van der Waals surface area contributed by atoms with Crippen molar-refractivity contribution in [2.45, 2.75) is 10.6 Å². The van der Waals surface area contributed by atoms with E-state index in [1.165, 1.54) is 11.8 Å². The fourth-order valence-electron chi connectivity index (χ4n) is 1.56. The molecule has 0 aliphatic heterocycles. The van der Waals surface area contributed by atoms with Crippen molar-refractivity contribution in [3.05, 3.63) is 57.6 Å². The van der Waals surface area contributed by atoms with E-state index in [-0.39, 0.29) is 0 Å². The number of hydrogen-bond donors (Lipinski definition) is 1. The number of thioether (sulfide) groups is 1. The van der Waals surface area contributed by atoms with E-state index in [4.69, 9.17) is 34.2 Å². The van der Waals surface area contributed by atoms with Gasteiger partial charge in [-0.25, -0.2) is 0 Å². The summed E-state index contributed by atoms with van der Waals surface area (Å²) in [5.74, 6) is 0.651. The molecule has 0 amide bonds. The first-order valence-corrected chi connectivity index (χ1v) is 7.21. The van der Waals surface area contributed by atoms with Crippen LogP contribution in [0, 0.1) is 11.3 Å². The van der Waals surface area contributed by atoms with E-state index >= 15 is 0 Å². The highest BCUT2D eigenvalue weighted by molar-refractivity contribution is 7.98. The molecule has 0 atom stereocenters. The summed E-state index contributed by atoms with van der Waals surface area (Å²) in [6.07, 6.45) is 0. The highest BCUT2D eigenvalue weighted by Gasteiger charge is 2.08. The Morgan fingerprint density at radius 3 is 2.58 bits per heavy atom. The summed E-state index contributed by atoms with van der Waals surface area (Å²) in [6, 6.07) is 12.7. The Morgan fingerprint density at radius 1 is 1.16 bits per heavy atom. The third-order valence-electron chi connectivity index (χ3n) is 2.55. The summed E-state index contributed by atoms with van der Waals surface area (Å²) in [6.45, 7) is 0. The molecular weight excluding hydrogens is 299 g/mol. The predicted molar refractivity (Wildman–Crippen MR) is 81.6 cm³/mol. The Hall–Kier alpha value is -1.34. The molecule has 0 fully saturated rings. The SMILES string of the molecule is N#Cc1ccc(CSc2c(N)cccc2Cl)c(Cl)c1. The number of nitrogens with two attached hydrogens (primary N) is 1. The van der Waals surface area contributed by atoms with Crippen LogP contribution in [0.4, 0.5) is 5.69 Å². The van der Waals surface area contributed by atoms with Crippen LogP contribution in [0.3, 0.4) is 0 Å². The second-order valence-electron chi connectivity index (χ2n) is 3.86. The van der Waals surface area contributed by atoms with Crippen molar-refractivity contribution in [1.29, 1.82) is 5.26 Å². The first-order valence-electron chi connectivity index (χ1n) is 5.47. The minimum atomic E-state index is 0.552. The van der Waals surface area contributed by atoms with E-state index in [0.29, 0.717) is 27.0 Å². The number of benzene rings is 2.